The molecule has 1 atom stereocenters. The minimum Gasteiger partial charge on any atom is -0.494 e. The highest BCUT2D eigenvalue weighted by Crippen LogP contribution is 2.24. The van der Waals surface area contributed by atoms with E-state index in [1.807, 2.05) is 6.92 Å². The van der Waals surface area contributed by atoms with E-state index in [4.69, 9.17) is 4.74 Å². The van der Waals surface area contributed by atoms with Crippen LogP contribution in [0.1, 0.15) is 20.8 Å². The van der Waals surface area contributed by atoms with Gasteiger partial charge in [0.15, 0.2) is 0 Å². The van der Waals surface area contributed by atoms with E-state index >= 15 is 0 Å². The molecule has 1 N–H and O–H groups in total. The lowest BCUT2D eigenvalue weighted by Gasteiger charge is -2.36. The van der Waals surface area contributed by atoms with Gasteiger partial charge in [-0.3, -0.25) is 9.10 Å². The standard InChI is InChI=1S/C18H29N3O4S/c1-5-19-11-13-20(14-12-19)18(22)15(3)21(26(4,23)24)16-7-9-17(10-8-16)25-6-2/h7-10,15H,5-6,11-14H2,1-4H3/p+1/t15-/m0/s1. The zero-order valence-corrected chi connectivity index (χ0v) is 16.9. The van der Waals surface area contributed by atoms with Crippen LogP contribution in [0.15, 0.2) is 24.3 Å². The number of carbonyl (C=O) groups is 1. The minimum absolute atomic E-state index is 0.153. The Bertz CT molecular complexity index is 698. The maximum Gasteiger partial charge on any atom is 0.246 e. The number of benzene rings is 1. The molecule has 1 aliphatic heterocycles. The molecule has 1 aromatic rings. The summed E-state index contributed by atoms with van der Waals surface area (Å²) in [5.74, 6) is 0.516. The van der Waals surface area contributed by atoms with Crippen LogP contribution in [0.25, 0.3) is 0 Å². The molecule has 2 rings (SSSR count). The smallest absolute Gasteiger partial charge is 0.246 e. The van der Waals surface area contributed by atoms with Crippen LogP contribution < -0.4 is 13.9 Å². The summed E-state index contributed by atoms with van der Waals surface area (Å²) in [4.78, 5) is 16.2. The number of carbonyl (C=O) groups excluding carboxylic acids is 1. The summed E-state index contributed by atoms with van der Waals surface area (Å²) in [5, 5.41) is 0. The van der Waals surface area contributed by atoms with Crippen LogP contribution in [0.2, 0.25) is 0 Å². The number of sulfonamides is 1. The highest BCUT2D eigenvalue weighted by molar-refractivity contribution is 7.92. The van der Waals surface area contributed by atoms with Gasteiger partial charge in [0.1, 0.15) is 11.8 Å². The van der Waals surface area contributed by atoms with Crippen LogP contribution in [0, 0.1) is 0 Å². The Morgan fingerprint density at radius 2 is 1.81 bits per heavy atom. The highest BCUT2D eigenvalue weighted by atomic mass is 32.2. The van der Waals surface area contributed by atoms with Crippen molar-refractivity contribution in [1.29, 1.82) is 0 Å². The normalized spacial score (nSPS) is 17.0. The van der Waals surface area contributed by atoms with E-state index in [9.17, 15) is 13.2 Å². The zero-order valence-electron chi connectivity index (χ0n) is 16.1. The van der Waals surface area contributed by atoms with Crippen molar-refractivity contribution in [3.05, 3.63) is 24.3 Å². The van der Waals surface area contributed by atoms with Gasteiger partial charge in [0.05, 0.1) is 51.3 Å². The molecule has 26 heavy (non-hydrogen) atoms. The van der Waals surface area contributed by atoms with Crippen molar-refractivity contribution >= 4 is 21.6 Å². The summed E-state index contributed by atoms with van der Waals surface area (Å²) < 4.78 is 31.4. The lowest BCUT2D eigenvalue weighted by molar-refractivity contribution is -0.902. The molecule has 1 amide bonds. The molecule has 0 bridgehead atoms. The Hall–Kier alpha value is -1.80. The molecule has 8 heteroatoms. The van der Waals surface area contributed by atoms with E-state index in [2.05, 4.69) is 6.92 Å². The number of ether oxygens (including phenoxy) is 1. The van der Waals surface area contributed by atoms with Gasteiger partial charge in [-0.2, -0.15) is 0 Å². The first-order valence-electron chi connectivity index (χ1n) is 9.12. The molecule has 1 fully saturated rings. The molecule has 146 valence electrons. The summed E-state index contributed by atoms with van der Waals surface area (Å²) in [7, 11) is -3.60. The van der Waals surface area contributed by atoms with E-state index in [1.54, 1.807) is 36.1 Å². The lowest BCUT2D eigenvalue weighted by atomic mass is 10.2. The van der Waals surface area contributed by atoms with Crippen molar-refractivity contribution < 1.29 is 22.8 Å². The summed E-state index contributed by atoms with van der Waals surface area (Å²) in [6.07, 6.45) is 1.13. The number of nitrogens with zero attached hydrogens (tertiary/aromatic N) is 2. The third-order valence-electron chi connectivity index (χ3n) is 4.75. The number of hydrogen-bond acceptors (Lipinski definition) is 4. The Balaban J connectivity index is 2.19. The van der Waals surface area contributed by atoms with E-state index in [1.165, 1.54) is 9.21 Å². The summed E-state index contributed by atoms with van der Waals surface area (Å²) in [5.41, 5.74) is 0.467. The second-order valence-corrected chi connectivity index (χ2v) is 8.45. The molecular weight excluding hydrogens is 354 g/mol. The number of amides is 1. The van der Waals surface area contributed by atoms with Crippen molar-refractivity contribution in [1.82, 2.24) is 4.90 Å². The SMILES string of the molecule is CCOc1ccc(N([C@@H](C)C(=O)N2CC[NH+](CC)CC2)S(C)(=O)=O)cc1. The summed E-state index contributed by atoms with van der Waals surface area (Å²) in [6, 6.07) is 6.00. The van der Waals surface area contributed by atoms with Gasteiger partial charge in [-0.1, -0.05) is 0 Å². The van der Waals surface area contributed by atoms with E-state index in [0.29, 0.717) is 31.1 Å². The predicted molar refractivity (Wildman–Crippen MR) is 102 cm³/mol. The quantitative estimate of drug-likeness (QED) is 0.718. The zero-order chi connectivity index (χ0) is 19.3. The third-order valence-corrected chi connectivity index (χ3v) is 5.99. The Kier molecular flexibility index (Phi) is 6.88. The molecule has 1 aliphatic rings. The second kappa shape index (κ2) is 8.73. The van der Waals surface area contributed by atoms with Crippen molar-refractivity contribution in [3.8, 4) is 5.75 Å². The van der Waals surface area contributed by atoms with Gasteiger partial charge in [-0.15, -0.1) is 0 Å². The Morgan fingerprint density at radius 1 is 1.23 bits per heavy atom. The topological polar surface area (TPSA) is 71.4 Å². The van der Waals surface area contributed by atoms with Crippen molar-refractivity contribution in [2.75, 3.05) is 49.9 Å². The molecule has 0 aromatic heterocycles. The monoisotopic (exact) mass is 384 g/mol. The average molecular weight is 385 g/mol. The molecule has 1 saturated heterocycles. The molecule has 7 nitrogen and oxygen atoms in total. The highest BCUT2D eigenvalue weighted by Gasteiger charge is 2.33. The molecule has 0 aliphatic carbocycles. The fourth-order valence-electron chi connectivity index (χ4n) is 3.32. The number of anilines is 1. The van der Waals surface area contributed by atoms with Gasteiger partial charge in [-0.05, 0) is 45.0 Å². The first-order chi connectivity index (χ1) is 12.3. The van der Waals surface area contributed by atoms with Gasteiger partial charge in [-0.25, -0.2) is 8.42 Å². The summed E-state index contributed by atoms with van der Waals surface area (Å²) in [6.45, 7) is 10.4. The van der Waals surface area contributed by atoms with E-state index < -0.39 is 16.1 Å². The van der Waals surface area contributed by atoms with Gasteiger partial charge >= 0.3 is 0 Å². The first-order valence-corrected chi connectivity index (χ1v) is 11.0. The maximum atomic E-state index is 12.9. The fourth-order valence-corrected chi connectivity index (χ4v) is 4.49. The number of hydrogen-bond donors (Lipinski definition) is 1. The molecule has 0 unspecified atom stereocenters. The lowest BCUT2D eigenvalue weighted by Crippen LogP contribution is -3.14. The third kappa shape index (κ3) is 4.88. The molecular formula is C18H30N3O4S+. The van der Waals surface area contributed by atoms with E-state index in [0.717, 1.165) is 25.9 Å². The number of piperazine rings is 1. The van der Waals surface area contributed by atoms with Crippen LogP contribution in [-0.2, 0) is 14.8 Å². The Morgan fingerprint density at radius 3 is 2.27 bits per heavy atom. The van der Waals surface area contributed by atoms with Crippen LogP contribution in [0.5, 0.6) is 5.75 Å². The number of rotatable bonds is 7. The first kappa shape index (κ1) is 20.5. The maximum absolute atomic E-state index is 12.9. The fraction of sp³-hybridized carbons (Fsp3) is 0.611. The number of quaternary nitrogens is 1. The van der Waals surface area contributed by atoms with Crippen molar-refractivity contribution in [3.63, 3.8) is 0 Å². The Labute approximate surface area is 156 Å². The van der Waals surface area contributed by atoms with Crippen LogP contribution >= 0.6 is 0 Å². The van der Waals surface area contributed by atoms with Crippen molar-refractivity contribution in [2.24, 2.45) is 0 Å². The predicted octanol–water partition coefficient (Wildman–Crippen LogP) is -0.0132. The van der Waals surface area contributed by atoms with Crippen LogP contribution in [0.3, 0.4) is 0 Å². The van der Waals surface area contributed by atoms with Gasteiger partial charge in [0.25, 0.3) is 0 Å². The molecule has 0 saturated carbocycles. The molecule has 0 radical (unpaired) electrons. The number of likely N-dealkylation sites (N-methyl/N-ethyl adjacent to an activating group) is 1. The van der Waals surface area contributed by atoms with Crippen LogP contribution in [-0.4, -0.2) is 70.9 Å². The average Bonchev–Trinajstić information content (AvgIpc) is 2.62. The van der Waals surface area contributed by atoms with E-state index in [-0.39, 0.29) is 5.91 Å². The molecule has 1 heterocycles. The minimum atomic E-state index is -3.60. The molecule has 1 aromatic carbocycles. The van der Waals surface area contributed by atoms with Crippen molar-refractivity contribution in [2.45, 2.75) is 26.8 Å². The second-order valence-electron chi connectivity index (χ2n) is 6.59. The number of nitrogens with one attached hydrogen (secondary N) is 1. The molecule has 0 spiro atoms. The summed E-state index contributed by atoms with van der Waals surface area (Å²) >= 11 is 0. The van der Waals surface area contributed by atoms with Gasteiger partial charge in [0.2, 0.25) is 15.9 Å². The largest absolute Gasteiger partial charge is 0.494 e. The van der Waals surface area contributed by atoms with Crippen LogP contribution in [0.4, 0.5) is 5.69 Å². The van der Waals surface area contributed by atoms with Gasteiger partial charge in [0, 0.05) is 0 Å². The van der Waals surface area contributed by atoms with Gasteiger partial charge < -0.3 is 14.5 Å².